The van der Waals surface area contributed by atoms with E-state index in [1.165, 1.54) is 0 Å². The number of ether oxygens (including phenoxy) is 2. The van der Waals surface area contributed by atoms with E-state index >= 15 is 0 Å². The van der Waals surface area contributed by atoms with Gasteiger partial charge in [0, 0.05) is 23.3 Å². The number of hydrogen-bond acceptors (Lipinski definition) is 5. The Morgan fingerprint density at radius 1 is 1.09 bits per heavy atom. The van der Waals surface area contributed by atoms with E-state index in [-0.39, 0.29) is 24.2 Å². The summed E-state index contributed by atoms with van der Waals surface area (Å²) in [4.78, 5) is 24.9. The molecule has 0 fully saturated rings. The van der Waals surface area contributed by atoms with Crippen LogP contribution in [-0.2, 0) is 9.47 Å². The molecule has 0 spiro atoms. The summed E-state index contributed by atoms with van der Waals surface area (Å²) < 4.78 is 11.8. The van der Waals surface area contributed by atoms with Crippen LogP contribution in [-0.4, -0.2) is 48.0 Å². The van der Waals surface area contributed by atoms with Gasteiger partial charge in [0.1, 0.15) is 0 Å². The van der Waals surface area contributed by atoms with E-state index in [0.717, 1.165) is 6.42 Å². The third kappa shape index (κ3) is 5.93. The van der Waals surface area contributed by atoms with Gasteiger partial charge in [-0.25, -0.2) is 9.48 Å². The molecule has 1 aromatic heterocycles. The molecule has 0 aliphatic heterocycles. The van der Waals surface area contributed by atoms with Crippen LogP contribution in [0.1, 0.15) is 41.1 Å². The van der Waals surface area contributed by atoms with Crippen molar-refractivity contribution in [1.29, 1.82) is 0 Å². The predicted molar refractivity (Wildman–Crippen MR) is 128 cm³/mol. The summed E-state index contributed by atoms with van der Waals surface area (Å²) in [5, 5.41) is 8.29. The number of methoxy groups -OCH3 is 1. The quantitative estimate of drug-likeness (QED) is 0.418. The minimum atomic E-state index is -0.540. The first-order valence-corrected chi connectivity index (χ1v) is 11.3. The molecule has 0 aliphatic rings. The van der Waals surface area contributed by atoms with Crippen LogP contribution in [0.3, 0.4) is 0 Å². The predicted octanol–water partition coefficient (Wildman–Crippen LogP) is 5.18. The Morgan fingerprint density at radius 3 is 2.42 bits per heavy atom. The van der Waals surface area contributed by atoms with Crippen molar-refractivity contribution < 1.29 is 19.1 Å². The first-order chi connectivity index (χ1) is 15.9. The minimum absolute atomic E-state index is 0.0703. The SMILES string of the molecule is CCOC(=O)c1cc(-c2ccc(Cl)cc2Cl)n(-c2ccc(C(=O)N[C@H](CC)COC)cc2)n1. The standard InChI is InChI=1S/C24H25Cl2N3O4/c1-4-17(14-32-3)27-23(30)15-6-9-18(10-7-15)29-22(13-21(28-29)24(31)33-5-2)19-11-8-16(25)12-20(19)26/h6-13,17H,4-5,14H2,1-3H3,(H,27,30)/t17-/m1/s1. The number of benzene rings is 2. The highest BCUT2D eigenvalue weighted by molar-refractivity contribution is 6.36. The van der Waals surface area contributed by atoms with Gasteiger partial charge in [-0.1, -0.05) is 30.1 Å². The van der Waals surface area contributed by atoms with Crippen LogP contribution in [0.5, 0.6) is 0 Å². The number of halogens is 2. The third-order valence-electron chi connectivity index (χ3n) is 4.97. The summed E-state index contributed by atoms with van der Waals surface area (Å²) in [5.74, 6) is -0.735. The van der Waals surface area contributed by atoms with Gasteiger partial charge in [-0.05, 0) is 61.9 Å². The number of nitrogens with one attached hydrogen (secondary N) is 1. The Balaban J connectivity index is 1.97. The van der Waals surface area contributed by atoms with Crippen molar-refractivity contribution in [3.05, 3.63) is 69.8 Å². The molecule has 2 aromatic carbocycles. The molecule has 7 nitrogen and oxygen atoms in total. The number of carbonyl (C=O) groups excluding carboxylic acids is 2. The van der Waals surface area contributed by atoms with Gasteiger partial charge in [-0.3, -0.25) is 4.79 Å². The number of rotatable bonds is 9. The first kappa shape index (κ1) is 24.8. The topological polar surface area (TPSA) is 82.5 Å². The molecule has 1 N–H and O–H groups in total. The molecule has 0 bridgehead atoms. The summed E-state index contributed by atoms with van der Waals surface area (Å²) in [6.07, 6.45) is 0.757. The number of amides is 1. The van der Waals surface area contributed by atoms with Crippen LogP contribution in [0.4, 0.5) is 0 Å². The van der Waals surface area contributed by atoms with Crippen LogP contribution in [0.2, 0.25) is 10.0 Å². The molecule has 9 heteroatoms. The van der Waals surface area contributed by atoms with Gasteiger partial charge in [-0.2, -0.15) is 5.10 Å². The van der Waals surface area contributed by atoms with Crippen molar-refractivity contribution >= 4 is 35.1 Å². The summed E-state index contributed by atoms with van der Waals surface area (Å²) >= 11 is 12.5. The number of carbonyl (C=O) groups is 2. The van der Waals surface area contributed by atoms with Crippen molar-refractivity contribution in [3.8, 4) is 16.9 Å². The highest BCUT2D eigenvalue weighted by atomic mass is 35.5. The lowest BCUT2D eigenvalue weighted by Gasteiger charge is -2.16. The second-order valence-corrected chi connectivity index (χ2v) is 8.10. The van der Waals surface area contributed by atoms with Crippen LogP contribution in [0, 0.1) is 0 Å². The fraction of sp³-hybridized carbons (Fsp3) is 0.292. The van der Waals surface area contributed by atoms with Gasteiger partial charge in [-0.15, -0.1) is 0 Å². The number of esters is 1. The summed E-state index contributed by atoms with van der Waals surface area (Å²) in [5.41, 5.74) is 2.52. The molecular weight excluding hydrogens is 465 g/mol. The smallest absolute Gasteiger partial charge is 0.358 e. The van der Waals surface area contributed by atoms with E-state index in [4.69, 9.17) is 32.7 Å². The second kappa shape index (κ2) is 11.3. The number of nitrogens with zero attached hydrogens (tertiary/aromatic N) is 2. The molecule has 174 valence electrons. The Labute approximate surface area is 202 Å². The molecule has 0 saturated carbocycles. The summed E-state index contributed by atoms with van der Waals surface area (Å²) in [6.45, 7) is 4.38. The highest BCUT2D eigenvalue weighted by Crippen LogP contribution is 2.32. The lowest BCUT2D eigenvalue weighted by molar-refractivity contribution is 0.0518. The molecule has 0 unspecified atom stereocenters. The van der Waals surface area contributed by atoms with E-state index in [2.05, 4.69) is 10.4 Å². The Morgan fingerprint density at radius 2 is 1.82 bits per heavy atom. The molecule has 1 amide bonds. The maximum Gasteiger partial charge on any atom is 0.358 e. The van der Waals surface area contributed by atoms with Crippen molar-refractivity contribution in [2.75, 3.05) is 20.3 Å². The largest absolute Gasteiger partial charge is 0.461 e. The molecule has 1 atom stereocenters. The Hall–Kier alpha value is -2.87. The number of hydrogen-bond donors (Lipinski definition) is 1. The van der Waals surface area contributed by atoms with Gasteiger partial charge in [0.2, 0.25) is 0 Å². The lowest BCUT2D eigenvalue weighted by atomic mass is 10.1. The van der Waals surface area contributed by atoms with E-state index in [1.54, 1.807) is 67.2 Å². The van der Waals surface area contributed by atoms with Crippen LogP contribution >= 0.6 is 23.2 Å². The average molecular weight is 490 g/mol. The van der Waals surface area contributed by atoms with Crippen molar-refractivity contribution in [1.82, 2.24) is 15.1 Å². The highest BCUT2D eigenvalue weighted by Gasteiger charge is 2.20. The normalized spacial score (nSPS) is 11.8. The molecular formula is C24H25Cl2N3O4. The zero-order chi connectivity index (χ0) is 24.0. The third-order valence-corrected chi connectivity index (χ3v) is 5.52. The average Bonchev–Trinajstić information content (AvgIpc) is 3.24. The van der Waals surface area contributed by atoms with Gasteiger partial charge < -0.3 is 14.8 Å². The van der Waals surface area contributed by atoms with Crippen LogP contribution < -0.4 is 5.32 Å². The summed E-state index contributed by atoms with van der Waals surface area (Å²) in [7, 11) is 1.60. The van der Waals surface area contributed by atoms with Crippen LogP contribution in [0.15, 0.2) is 48.5 Å². The van der Waals surface area contributed by atoms with Gasteiger partial charge in [0.15, 0.2) is 5.69 Å². The molecule has 33 heavy (non-hydrogen) atoms. The molecule has 0 saturated heterocycles. The zero-order valence-electron chi connectivity index (χ0n) is 18.6. The molecule has 1 heterocycles. The van der Waals surface area contributed by atoms with E-state index in [1.807, 2.05) is 6.92 Å². The van der Waals surface area contributed by atoms with Gasteiger partial charge in [0.25, 0.3) is 5.91 Å². The fourth-order valence-corrected chi connectivity index (χ4v) is 3.76. The zero-order valence-corrected chi connectivity index (χ0v) is 20.1. The molecule has 3 aromatic rings. The van der Waals surface area contributed by atoms with Crippen molar-refractivity contribution in [2.45, 2.75) is 26.3 Å². The van der Waals surface area contributed by atoms with E-state index in [0.29, 0.717) is 39.2 Å². The maximum absolute atomic E-state index is 12.6. The lowest BCUT2D eigenvalue weighted by Crippen LogP contribution is -2.37. The molecule has 0 aliphatic carbocycles. The minimum Gasteiger partial charge on any atom is -0.461 e. The van der Waals surface area contributed by atoms with Gasteiger partial charge >= 0.3 is 5.97 Å². The van der Waals surface area contributed by atoms with E-state index in [9.17, 15) is 9.59 Å². The monoisotopic (exact) mass is 489 g/mol. The first-order valence-electron chi connectivity index (χ1n) is 10.5. The van der Waals surface area contributed by atoms with Gasteiger partial charge in [0.05, 0.1) is 35.7 Å². The van der Waals surface area contributed by atoms with Crippen molar-refractivity contribution in [3.63, 3.8) is 0 Å². The molecule has 3 rings (SSSR count). The molecule has 0 radical (unpaired) electrons. The second-order valence-electron chi connectivity index (χ2n) is 7.25. The maximum atomic E-state index is 12.6. The Bertz CT molecular complexity index is 1130. The summed E-state index contributed by atoms with van der Waals surface area (Å²) in [6, 6.07) is 13.5. The van der Waals surface area contributed by atoms with Crippen molar-refractivity contribution in [2.24, 2.45) is 0 Å². The number of aromatic nitrogens is 2. The Kier molecular flexibility index (Phi) is 8.49. The van der Waals surface area contributed by atoms with E-state index < -0.39 is 5.97 Å². The fourth-order valence-electron chi connectivity index (χ4n) is 3.26. The van der Waals surface area contributed by atoms with Crippen LogP contribution in [0.25, 0.3) is 16.9 Å².